The molecule has 0 aromatic carbocycles. The van der Waals surface area contributed by atoms with Gasteiger partial charge in [-0.05, 0) is 19.1 Å². The number of rotatable bonds is 6. The van der Waals surface area contributed by atoms with Crippen molar-refractivity contribution in [1.82, 2.24) is 9.55 Å². The number of aromatic nitrogens is 2. The lowest BCUT2D eigenvalue weighted by molar-refractivity contribution is -0.133. The van der Waals surface area contributed by atoms with Gasteiger partial charge in [0.15, 0.2) is 5.16 Å². The van der Waals surface area contributed by atoms with Crippen LogP contribution in [0.3, 0.4) is 0 Å². The predicted octanol–water partition coefficient (Wildman–Crippen LogP) is 2.49. The molecule has 1 aliphatic carbocycles. The van der Waals surface area contributed by atoms with Gasteiger partial charge in [0.1, 0.15) is 0 Å². The van der Waals surface area contributed by atoms with Crippen LogP contribution in [-0.2, 0) is 11.3 Å². The zero-order valence-electron chi connectivity index (χ0n) is 12.1. The minimum absolute atomic E-state index is 0.0806. The lowest BCUT2D eigenvalue weighted by Crippen LogP contribution is -2.34. The van der Waals surface area contributed by atoms with Gasteiger partial charge < -0.3 is 9.67 Å². The first kappa shape index (κ1) is 16.4. The van der Waals surface area contributed by atoms with Crippen LogP contribution in [-0.4, -0.2) is 37.4 Å². The molecule has 0 atom stereocenters. The van der Waals surface area contributed by atoms with Crippen molar-refractivity contribution in [2.24, 2.45) is 0 Å². The van der Waals surface area contributed by atoms with Crippen molar-refractivity contribution in [3.05, 3.63) is 22.6 Å². The summed E-state index contributed by atoms with van der Waals surface area (Å²) in [6, 6.07) is 1.45. The second kappa shape index (κ2) is 7.35. The molecule has 2 rings (SSSR count). The smallest absolute Gasteiger partial charge is 0.313 e. The minimum atomic E-state index is -0.901. The van der Waals surface area contributed by atoms with E-state index >= 15 is 0 Å². The molecule has 0 bridgehead atoms. The Kier molecular flexibility index (Phi) is 5.75. The fraction of sp³-hybridized carbons (Fsp3) is 0.643. The van der Waals surface area contributed by atoms with Gasteiger partial charge in [-0.25, -0.2) is 0 Å². The van der Waals surface area contributed by atoms with Crippen molar-refractivity contribution >= 4 is 29.5 Å². The topological polar surface area (TPSA) is 72.2 Å². The number of carboxylic acid groups (broad SMARTS) is 1. The fourth-order valence-corrected chi connectivity index (χ4v) is 4.37. The molecule has 1 aromatic heterocycles. The molecule has 7 heteroatoms. The second-order valence-corrected chi connectivity index (χ2v) is 7.52. The molecule has 5 nitrogen and oxygen atoms in total. The molecule has 0 radical (unpaired) electrons. The first-order chi connectivity index (χ1) is 10.0. The summed E-state index contributed by atoms with van der Waals surface area (Å²) in [4.78, 5) is 26.2. The Morgan fingerprint density at radius 1 is 1.43 bits per heavy atom. The van der Waals surface area contributed by atoms with E-state index in [0.29, 0.717) is 5.16 Å². The maximum atomic E-state index is 11.4. The first-order valence-corrected chi connectivity index (χ1v) is 9.23. The van der Waals surface area contributed by atoms with E-state index in [0.717, 1.165) is 31.1 Å². The summed E-state index contributed by atoms with van der Waals surface area (Å²) >= 11 is 2.98. The molecule has 1 aliphatic rings. The Hall–Kier alpha value is -0.950. The molecule has 0 aliphatic heterocycles. The summed E-state index contributed by atoms with van der Waals surface area (Å²) in [6.07, 6.45) is 9.92. The number of carbonyl (C=O) groups is 1. The third-order valence-corrected chi connectivity index (χ3v) is 6.21. The molecule has 0 saturated heterocycles. The van der Waals surface area contributed by atoms with Crippen LogP contribution < -0.4 is 5.56 Å². The van der Waals surface area contributed by atoms with Gasteiger partial charge in [0.05, 0.1) is 5.75 Å². The summed E-state index contributed by atoms with van der Waals surface area (Å²) in [5, 5.41) is 9.32. The van der Waals surface area contributed by atoms with Crippen molar-refractivity contribution in [3.8, 4) is 0 Å². The number of thioether (sulfide) groups is 2. The quantitative estimate of drug-likeness (QED) is 0.639. The third-order valence-electron chi connectivity index (χ3n) is 3.83. The van der Waals surface area contributed by atoms with Crippen LogP contribution >= 0.6 is 23.5 Å². The van der Waals surface area contributed by atoms with Gasteiger partial charge in [0.2, 0.25) is 0 Å². The van der Waals surface area contributed by atoms with E-state index in [1.807, 2.05) is 16.3 Å². The van der Waals surface area contributed by atoms with Gasteiger partial charge in [-0.2, -0.15) is 16.7 Å². The van der Waals surface area contributed by atoms with E-state index in [4.69, 9.17) is 5.11 Å². The maximum Gasteiger partial charge on any atom is 0.313 e. The van der Waals surface area contributed by atoms with Crippen molar-refractivity contribution in [3.63, 3.8) is 0 Å². The zero-order chi connectivity index (χ0) is 15.3. The highest BCUT2D eigenvalue weighted by molar-refractivity contribution is 8.00. The van der Waals surface area contributed by atoms with Crippen LogP contribution in [0, 0.1) is 0 Å². The molecule has 0 unspecified atom stereocenters. The highest BCUT2D eigenvalue weighted by Gasteiger charge is 2.32. The number of aliphatic carboxylic acids is 1. The molecular formula is C14H20N2O3S2. The van der Waals surface area contributed by atoms with E-state index in [9.17, 15) is 9.59 Å². The Balaban J connectivity index is 2.21. The molecule has 1 N–H and O–H groups in total. The summed E-state index contributed by atoms with van der Waals surface area (Å²) in [6.45, 7) is 0.781. The Morgan fingerprint density at radius 3 is 2.76 bits per heavy atom. The van der Waals surface area contributed by atoms with Crippen molar-refractivity contribution in [1.29, 1.82) is 0 Å². The second-order valence-electron chi connectivity index (χ2n) is 5.31. The lowest BCUT2D eigenvalue weighted by atomic mass is 9.88. The summed E-state index contributed by atoms with van der Waals surface area (Å²) in [5.74, 6) is -0.982. The van der Waals surface area contributed by atoms with Crippen molar-refractivity contribution in [2.75, 3.05) is 12.0 Å². The molecule has 116 valence electrons. The lowest BCUT2D eigenvalue weighted by Gasteiger charge is -2.36. The predicted molar refractivity (Wildman–Crippen MR) is 86.2 cm³/mol. The molecule has 1 heterocycles. The minimum Gasteiger partial charge on any atom is -0.481 e. The first-order valence-electron chi connectivity index (χ1n) is 7.02. The number of hydrogen-bond acceptors (Lipinski definition) is 5. The maximum absolute atomic E-state index is 11.4. The summed E-state index contributed by atoms with van der Waals surface area (Å²) in [5.41, 5.74) is -0.319. The van der Waals surface area contributed by atoms with Gasteiger partial charge in [-0.15, -0.1) is 0 Å². The number of carboxylic acids is 1. The average Bonchev–Trinajstić information content (AvgIpc) is 2.48. The fourth-order valence-electron chi connectivity index (χ4n) is 2.71. The van der Waals surface area contributed by atoms with Crippen LogP contribution in [0.15, 0.2) is 22.2 Å². The van der Waals surface area contributed by atoms with E-state index < -0.39 is 5.97 Å². The molecule has 1 saturated carbocycles. The van der Waals surface area contributed by atoms with E-state index in [1.54, 1.807) is 6.20 Å². The highest BCUT2D eigenvalue weighted by Crippen LogP contribution is 2.40. The molecule has 1 aromatic rings. The van der Waals surface area contributed by atoms with Crippen LogP contribution in [0.1, 0.15) is 32.1 Å². The van der Waals surface area contributed by atoms with Gasteiger partial charge in [0.25, 0.3) is 5.56 Å². The zero-order valence-corrected chi connectivity index (χ0v) is 13.7. The van der Waals surface area contributed by atoms with Gasteiger partial charge in [0, 0.05) is 23.6 Å². The number of nitrogens with zero attached hydrogens (tertiary/aromatic N) is 2. The Bertz CT molecular complexity index is 553. The summed E-state index contributed by atoms with van der Waals surface area (Å²) in [7, 11) is 0. The van der Waals surface area contributed by atoms with Crippen molar-refractivity contribution < 1.29 is 9.90 Å². The van der Waals surface area contributed by atoms with E-state index in [-0.39, 0.29) is 16.1 Å². The largest absolute Gasteiger partial charge is 0.481 e. The van der Waals surface area contributed by atoms with E-state index in [1.165, 1.54) is 25.3 Å². The van der Waals surface area contributed by atoms with Crippen LogP contribution in [0.4, 0.5) is 0 Å². The standard InChI is InChI=1S/C14H20N2O3S2/c1-20-14(6-3-2-4-7-14)10-16-8-5-11(17)15-13(16)21-9-12(18)19/h5,8H,2-4,6-7,9-10H2,1H3,(H,18,19). The summed E-state index contributed by atoms with van der Waals surface area (Å²) < 4.78 is 2.12. The molecule has 21 heavy (non-hydrogen) atoms. The Labute approximate surface area is 132 Å². The van der Waals surface area contributed by atoms with Crippen LogP contribution in [0.2, 0.25) is 0 Å². The molecule has 0 spiro atoms. The molecule has 0 amide bonds. The van der Waals surface area contributed by atoms with Crippen molar-refractivity contribution in [2.45, 2.75) is 48.6 Å². The third kappa shape index (κ3) is 4.51. The monoisotopic (exact) mass is 328 g/mol. The van der Waals surface area contributed by atoms with Gasteiger partial charge in [-0.1, -0.05) is 31.0 Å². The Morgan fingerprint density at radius 2 is 2.14 bits per heavy atom. The van der Waals surface area contributed by atoms with Gasteiger partial charge >= 0.3 is 5.97 Å². The SMILES string of the molecule is CSC1(Cn2ccc(=O)nc2SCC(=O)O)CCCCC1. The highest BCUT2D eigenvalue weighted by atomic mass is 32.2. The molecule has 1 fully saturated rings. The van der Waals surface area contributed by atoms with Crippen LogP contribution in [0.25, 0.3) is 0 Å². The molecular weight excluding hydrogens is 308 g/mol. The van der Waals surface area contributed by atoms with Gasteiger partial charge in [-0.3, -0.25) is 9.59 Å². The normalized spacial score (nSPS) is 17.6. The van der Waals surface area contributed by atoms with E-state index in [2.05, 4.69) is 11.2 Å². The number of hydrogen-bond donors (Lipinski definition) is 1. The average molecular weight is 328 g/mol. The van der Waals surface area contributed by atoms with Crippen LogP contribution in [0.5, 0.6) is 0 Å².